The second-order valence-electron chi connectivity index (χ2n) is 6.28. The third-order valence-electron chi connectivity index (χ3n) is 4.01. The second kappa shape index (κ2) is 9.96. The smallest absolute Gasteiger partial charge is 0.256 e. The lowest BCUT2D eigenvalue weighted by molar-refractivity contribution is -0.113. The first-order valence-electron chi connectivity index (χ1n) is 8.77. The fraction of sp³-hybridized carbons (Fsp3) is 0.0909. The summed E-state index contributed by atoms with van der Waals surface area (Å²) in [4.78, 5) is 25.7. The van der Waals surface area contributed by atoms with Gasteiger partial charge in [0.2, 0.25) is 5.91 Å². The van der Waals surface area contributed by atoms with Crippen molar-refractivity contribution >= 4 is 62.5 Å². The summed E-state index contributed by atoms with van der Waals surface area (Å²) in [6, 6.07) is 20.0. The van der Waals surface area contributed by atoms with E-state index in [9.17, 15) is 9.59 Å². The maximum atomic E-state index is 12.7. The maximum Gasteiger partial charge on any atom is 0.256 e. The number of hydrogen-bond donors (Lipinski definition) is 2. The van der Waals surface area contributed by atoms with E-state index in [0.717, 1.165) is 20.6 Å². The van der Waals surface area contributed by atoms with Gasteiger partial charge in [-0.15, -0.1) is 11.8 Å². The number of nitrogens with one attached hydrogen (secondary N) is 2. The molecule has 3 rings (SSSR count). The molecule has 0 spiro atoms. The molecule has 29 heavy (non-hydrogen) atoms. The van der Waals surface area contributed by atoms with Gasteiger partial charge in [0, 0.05) is 15.1 Å². The number of rotatable bonds is 6. The van der Waals surface area contributed by atoms with Crippen LogP contribution in [0.15, 0.2) is 76.1 Å². The van der Waals surface area contributed by atoms with Crippen LogP contribution in [0.3, 0.4) is 0 Å². The monoisotopic (exact) mass is 488 g/mol. The van der Waals surface area contributed by atoms with Crippen LogP contribution >= 0.6 is 39.3 Å². The Morgan fingerprint density at radius 2 is 1.72 bits per heavy atom. The van der Waals surface area contributed by atoms with E-state index in [1.165, 1.54) is 11.8 Å². The van der Waals surface area contributed by atoms with Gasteiger partial charge in [-0.2, -0.15) is 0 Å². The molecule has 0 bridgehead atoms. The molecule has 7 heteroatoms. The summed E-state index contributed by atoms with van der Waals surface area (Å²) in [5.41, 5.74) is 2.89. The zero-order chi connectivity index (χ0) is 20.8. The van der Waals surface area contributed by atoms with Gasteiger partial charge in [0.05, 0.1) is 22.0 Å². The average molecular weight is 490 g/mol. The van der Waals surface area contributed by atoms with Gasteiger partial charge in [-0.25, -0.2) is 0 Å². The molecule has 148 valence electrons. The van der Waals surface area contributed by atoms with Crippen LogP contribution in [0.1, 0.15) is 15.9 Å². The average Bonchev–Trinajstić information content (AvgIpc) is 2.70. The minimum atomic E-state index is -0.281. The van der Waals surface area contributed by atoms with Crippen molar-refractivity contribution in [1.82, 2.24) is 0 Å². The van der Waals surface area contributed by atoms with Crippen LogP contribution in [-0.2, 0) is 4.79 Å². The predicted molar refractivity (Wildman–Crippen MR) is 124 cm³/mol. The molecule has 0 unspecified atom stereocenters. The Hall–Kier alpha value is -2.28. The Morgan fingerprint density at radius 1 is 1.00 bits per heavy atom. The fourth-order valence-corrected chi connectivity index (χ4v) is 4.11. The highest BCUT2D eigenvalue weighted by Gasteiger charge is 2.14. The summed E-state index contributed by atoms with van der Waals surface area (Å²) < 4.78 is 0.830. The van der Waals surface area contributed by atoms with Crippen molar-refractivity contribution in [2.24, 2.45) is 0 Å². The number of halogens is 2. The largest absolute Gasteiger partial charge is 0.325 e. The first-order chi connectivity index (χ1) is 13.9. The number of carbonyl (C=O) groups is 2. The van der Waals surface area contributed by atoms with E-state index in [2.05, 4.69) is 26.6 Å². The van der Waals surface area contributed by atoms with E-state index >= 15 is 0 Å². The van der Waals surface area contributed by atoms with Crippen molar-refractivity contribution in [1.29, 1.82) is 0 Å². The summed E-state index contributed by atoms with van der Waals surface area (Å²) in [5.74, 6) is -0.224. The first-order valence-corrected chi connectivity index (χ1v) is 10.9. The van der Waals surface area contributed by atoms with Crippen molar-refractivity contribution in [3.05, 3.63) is 87.4 Å². The Kier molecular flexibility index (Phi) is 7.36. The molecule has 2 N–H and O–H groups in total. The van der Waals surface area contributed by atoms with Gasteiger partial charge >= 0.3 is 0 Å². The van der Waals surface area contributed by atoms with Crippen molar-refractivity contribution in [2.75, 3.05) is 16.4 Å². The first kappa shape index (κ1) is 21.4. The summed E-state index contributed by atoms with van der Waals surface area (Å²) >= 11 is 10.8. The third kappa shape index (κ3) is 6.10. The Balaban J connectivity index is 1.65. The van der Waals surface area contributed by atoms with Gasteiger partial charge in [-0.3, -0.25) is 9.59 Å². The molecule has 0 radical (unpaired) electrons. The minimum Gasteiger partial charge on any atom is -0.325 e. The normalized spacial score (nSPS) is 10.4. The molecule has 0 aromatic heterocycles. The zero-order valence-corrected chi connectivity index (χ0v) is 18.7. The van der Waals surface area contributed by atoms with Crippen LogP contribution < -0.4 is 10.6 Å². The van der Waals surface area contributed by atoms with Crippen LogP contribution in [0.5, 0.6) is 0 Å². The standard InChI is InChI=1S/C22H18BrClN2O2S/c1-14-6-9-16(10-7-14)25-21(27)13-29-20-5-3-2-4-17(20)22(28)26-19-11-8-15(23)12-18(19)24/h2-12H,13H2,1H3,(H,25,27)(H,26,28). The highest BCUT2D eigenvalue weighted by atomic mass is 79.9. The predicted octanol–water partition coefficient (Wildman–Crippen LogP) is 6.39. The molecule has 0 aliphatic rings. The van der Waals surface area contributed by atoms with E-state index in [0.29, 0.717) is 16.3 Å². The van der Waals surface area contributed by atoms with Crippen molar-refractivity contribution in [3.8, 4) is 0 Å². The molecule has 4 nitrogen and oxygen atoms in total. The fourth-order valence-electron chi connectivity index (χ4n) is 2.54. The summed E-state index contributed by atoms with van der Waals surface area (Å²) in [7, 11) is 0. The highest BCUT2D eigenvalue weighted by Crippen LogP contribution is 2.28. The topological polar surface area (TPSA) is 58.2 Å². The number of hydrogen-bond acceptors (Lipinski definition) is 3. The number of amides is 2. The van der Waals surface area contributed by atoms with Gasteiger partial charge in [0.25, 0.3) is 5.91 Å². The lowest BCUT2D eigenvalue weighted by atomic mass is 10.2. The van der Waals surface area contributed by atoms with Gasteiger partial charge in [-0.1, -0.05) is 57.4 Å². The molecule has 0 atom stereocenters. The van der Waals surface area contributed by atoms with Crippen LogP contribution in [0.25, 0.3) is 0 Å². The number of anilines is 2. The van der Waals surface area contributed by atoms with Crippen LogP contribution in [0, 0.1) is 6.92 Å². The summed E-state index contributed by atoms with van der Waals surface area (Å²) in [5, 5.41) is 6.12. The van der Waals surface area contributed by atoms with Gasteiger partial charge in [0.1, 0.15) is 0 Å². The van der Waals surface area contributed by atoms with Crippen LogP contribution in [0.2, 0.25) is 5.02 Å². The quantitative estimate of drug-likeness (QED) is 0.394. The molecular formula is C22H18BrClN2O2S. The van der Waals surface area contributed by atoms with E-state index in [-0.39, 0.29) is 17.6 Å². The molecular weight excluding hydrogens is 472 g/mol. The summed E-state index contributed by atoms with van der Waals surface area (Å²) in [6.07, 6.45) is 0. The highest BCUT2D eigenvalue weighted by molar-refractivity contribution is 9.10. The van der Waals surface area contributed by atoms with E-state index in [4.69, 9.17) is 11.6 Å². The second-order valence-corrected chi connectivity index (χ2v) is 8.62. The molecule has 3 aromatic carbocycles. The molecule has 0 aliphatic heterocycles. The number of aryl methyl sites for hydroxylation is 1. The lowest BCUT2D eigenvalue weighted by Gasteiger charge is -2.11. The summed E-state index contributed by atoms with van der Waals surface area (Å²) in [6.45, 7) is 1.99. The Morgan fingerprint density at radius 3 is 2.45 bits per heavy atom. The number of thioether (sulfide) groups is 1. The SMILES string of the molecule is Cc1ccc(NC(=O)CSc2ccccc2C(=O)Nc2ccc(Br)cc2Cl)cc1. The van der Waals surface area contributed by atoms with E-state index in [1.807, 2.05) is 43.3 Å². The van der Waals surface area contributed by atoms with E-state index in [1.54, 1.807) is 30.3 Å². The van der Waals surface area contributed by atoms with Crippen molar-refractivity contribution in [2.45, 2.75) is 11.8 Å². The third-order valence-corrected chi connectivity index (χ3v) is 5.88. The van der Waals surface area contributed by atoms with Crippen LogP contribution in [-0.4, -0.2) is 17.6 Å². The molecule has 3 aromatic rings. The molecule has 0 heterocycles. The molecule has 0 saturated heterocycles. The van der Waals surface area contributed by atoms with Crippen molar-refractivity contribution in [3.63, 3.8) is 0 Å². The number of benzene rings is 3. The Labute approximate surface area is 187 Å². The number of carbonyl (C=O) groups excluding carboxylic acids is 2. The van der Waals surface area contributed by atoms with E-state index < -0.39 is 0 Å². The van der Waals surface area contributed by atoms with Gasteiger partial charge in [-0.05, 0) is 49.4 Å². The lowest BCUT2D eigenvalue weighted by Crippen LogP contribution is -2.16. The van der Waals surface area contributed by atoms with Gasteiger partial charge in [0.15, 0.2) is 0 Å². The molecule has 0 saturated carbocycles. The molecule has 2 amide bonds. The molecule has 0 fully saturated rings. The van der Waals surface area contributed by atoms with Crippen LogP contribution in [0.4, 0.5) is 11.4 Å². The van der Waals surface area contributed by atoms with Gasteiger partial charge < -0.3 is 10.6 Å². The minimum absolute atomic E-state index is 0.134. The zero-order valence-electron chi connectivity index (χ0n) is 15.5. The Bertz CT molecular complexity index is 1040. The molecule has 0 aliphatic carbocycles. The maximum absolute atomic E-state index is 12.7. The van der Waals surface area contributed by atoms with Crippen molar-refractivity contribution < 1.29 is 9.59 Å².